The Labute approximate surface area is 113 Å². The number of amides is 1. The van der Waals surface area contributed by atoms with Crippen LogP contribution >= 0.6 is 0 Å². The number of nitrogen functional groups attached to an aromatic ring is 1. The van der Waals surface area contributed by atoms with Crippen molar-refractivity contribution in [1.29, 1.82) is 0 Å². The molecule has 0 radical (unpaired) electrons. The van der Waals surface area contributed by atoms with E-state index in [1.807, 2.05) is 13.8 Å². The minimum Gasteiger partial charge on any atom is -0.395 e. The number of H-pyrrole nitrogens is 1. The van der Waals surface area contributed by atoms with Crippen molar-refractivity contribution in [3.8, 4) is 12.3 Å². The maximum Gasteiger partial charge on any atom is 0.277 e. The number of terminal acetylenes is 1. The van der Waals surface area contributed by atoms with E-state index in [2.05, 4.69) is 16.1 Å². The highest BCUT2D eigenvalue weighted by Crippen LogP contribution is 2.30. The van der Waals surface area contributed by atoms with Crippen LogP contribution in [0.5, 0.6) is 0 Å². The van der Waals surface area contributed by atoms with Crippen LogP contribution in [0.15, 0.2) is 0 Å². The Morgan fingerprint density at radius 2 is 2.32 bits per heavy atom. The van der Waals surface area contributed by atoms with Gasteiger partial charge in [-0.15, -0.1) is 6.42 Å². The quantitative estimate of drug-likeness (QED) is 0.790. The summed E-state index contributed by atoms with van der Waals surface area (Å²) in [6.07, 6.45) is 7.67. The fourth-order valence-corrected chi connectivity index (χ4v) is 2.06. The van der Waals surface area contributed by atoms with Gasteiger partial charge in [-0.1, -0.05) is 19.8 Å². The number of aromatic amines is 1. The van der Waals surface area contributed by atoms with Gasteiger partial charge in [0, 0.05) is 6.54 Å². The molecular formula is C14H20N4O. The normalized spacial score (nSPS) is 14.4. The molecule has 0 aromatic carbocycles. The predicted molar refractivity (Wildman–Crippen MR) is 74.5 cm³/mol. The molecule has 19 heavy (non-hydrogen) atoms. The molecule has 0 spiro atoms. The van der Waals surface area contributed by atoms with E-state index in [0.717, 1.165) is 5.69 Å². The van der Waals surface area contributed by atoms with Crippen LogP contribution in [0.2, 0.25) is 0 Å². The second-order valence-corrected chi connectivity index (χ2v) is 5.39. The molecule has 1 fully saturated rings. The largest absolute Gasteiger partial charge is 0.395 e. The Kier molecular flexibility index (Phi) is 3.79. The molecule has 1 aliphatic rings. The maximum absolute atomic E-state index is 12.4. The van der Waals surface area contributed by atoms with Crippen LogP contribution in [-0.4, -0.2) is 34.1 Å². The number of rotatable bonds is 5. The van der Waals surface area contributed by atoms with Gasteiger partial charge in [0.05, 0.1) is 17.9 Å². The van der Waals surface area contributed by atoms with E-state index in [-0.39, 0.29) is 11.8 Å². The molecule has 1 aromatic rings. The molecule has 102 valence electrons. The monoisotopic (exact) mass is 260 g/mol. The number of nitrogens with zero attached hydrogens (tertiary/aromatic N) is 2. The van der Waals surface area contributed by atoms with Gasteiger partial charge in [0.2, 0.25) is 0 Å². The molecule has 0 unspecified atom stereocenters. The van der Waals surface area contributed by atoms with Crippen molar-refractivity contribution < 1.29 is 4.79 Å². The number of hydrogen-bond donors (Lipinski definition) is 2. The van der Waals surface area contributed by atoms with E-state index in [9.17, 15) is 4.79 Å². The highest BCUT2D eigenvalue weighted by atomic mass is 16.2. The highest BCUT2D eigenvalue weighted by molar-refractivity contribution is 5.97. The van der Waals surface area contributed by atoms with Gasteiger partial charge >= 0.3 is 0 Å². The van der Waals surface area contributed by atoms with Gasteiger partial charge in [-0.3, -0.25) is 9.89 Å². The number of carbonyl (C=O) groups excluding carboxylic acids is 1. The lowest BCUT2D eigenvalue weighted by atomic mass is 10.1. The first-order valence-corrected chi connectivity index (χ1v) is 6.61. The van der Waals surface area contributed by atoms with Gasteiger partial charge in [-0.05, 0) is 24.7 Å². The SMILES string of the molecule is C#CCN(CC1CC1)C(=O)c1n[nH]c(C(C)C)c1N. The van der Waals surface area contributed by atoms with Crippen LogP contribution in [0.3, 0.4) is 0 Å². The van der Waals surface area contributed by atoms with Crippen molar-refractivity contribution >= 4 is 11.6 Å². The van der Waals surface area contributed by atoms with Crippen LogP contribution in [0.25, 0.3) is 0 Å². The van der Waals surface area contributed by atoms with E-state index in [0.29, 0.717) is 30.4 Å². The average Bonchev–Trinajstić information content (AvgIpc) is 3.09. The minimum atomic E-state index is -0.175. The lowest BCUT2D eigenvalue weighted by Gasteiger charge is -2.19. The Morgan fingerprint density at radius 1 is 1.63 bits per heavy atom. The van der Waals surface area contributed by atoms with Crippen molar-refractivity contribution in [3.63, 3.8) is 0 Å². The zero-order valence-corrected chi connectivity index (χ0v) is 11.4. The Balaban J connectivity index is 2.18. The summed E-state index contributed by atoms with van der Waals surface area (Å²) in [4.78, 5) is 14.1. The fourth-order valence-electron chi connectivity index (χ4n) is 2.06. The third-order valence-electron chi connectivity index (χ3n) is 3.36. The van der Waals surface area contributed by atoms with Crippen LogP contribution in [0.4, 0.5) is 5.69 Å². The molecule has 0 saturated heterocycles. The van der Waals surface area contributed by atoms with Gasteiger partial charge in [0.1, 0.15) is 0 Å². The van der Waals surface area contributed by atoms with E-state index in [4.69, 9.17) is 12.2 Å². The smallest absolute Gasteiger partial charge is 0.277 e. The Hall–Kier alpha value is -1.96. The summed E-state index contributed by atoms with van der Waals surface area (Å²) in [7, 11) is 0. The number of nitrogens with two attached hydrogens (primary N) is 1. The lowest BCUT2D eigenvalue weighted by Crippen LogP contribution is -2.34. The topological polar surface area (TPSA) is 75.0 Å². The lowest BCUT2D eigenvalue weighted by molar-refractivity contribution is 0.0765. The summed E-state index contributed by atoms with van der Waals surface area (Å²) in [6, 6.07) is 0. The molecular weight excluding hydrogens is 240 g/mol. The average molecular weight is 260 g/mol. The zero-order valence-electron chi connectivity index (χ0n) is 11.4. The fraction of sp³-hybridized carbons (Fsp3) is 0.571. The molecule has 0 aliphatic heterocycles. The summed E-state index contributed by atoms with van der Waals surface area (Å²) in [6.45, 7) is 5.01. The summed E-state index contributed by atoms with van der Waals surface area (Å²) in [5, 5.41) is 6.90. The van der Waals surface area contributed by atoms with E-state index >= 15 is 0 Å². The molecule has 5 nitrogen and oxygen atoms in total. The van der Waals surface area contributed by atoms with E-state index in [1.165, 1.54) is 12.8 Å². The molecule has 1 aromatic heterocycles. The highest BCUT2D eigenvalue weighted by Gasteiger charge is 2.29. The Bertz CT molecular complexity index is 508. The summed E-state index contributed by atoms with van der Waals surface area (Å²) >= 11 is 0. The maximum atomic E-state index is 12.4. The van der Waals surface area contributed by atoms with Crippen molar-refractivity contribution in [2.24, 2.45) is 5.92 Å². The van der Waals surface area contributed by atoms with Crippen LogP contribution < -0.4 is 5.73 Å². The van der Waals surface area contributed by atoms with Crippen molar-refractivity contribution in [2.45, 2.75) is 32.6 Å². The number of nitrogens with one attached hydrogen (secondary N) is 1. The molecule has 1 heterocycles. The van der Waals surface area contributed by atoms with E-state index in [1.54, 1.807) is 4.90 Å². The molecule has 0 bridgehead atoms. The van der Waals surface area contributed by atoms with Crippen molar-refractivity contribution in [3.05, 3.63) is 11.4 Å². The van der Waals surface area contributed by atoms with Gasteiger partial charge < -0.3 is 10.6 Å². The third-order valence-corrected chi connectivity index (χ3v) is 3.36. The molecule has 1 saturated carbocycles. The second kappa shape index (κ2) is 5.35. The summed E-state index contributed by atoms with van der Waals surface area (Å²) in [5.74, 6) is 3.14. The Morgan fingerprint density at radius 3 is 2.79 bits per heavy atom. The first kappa shape index (κ1) is 13.5. The third kappa shape index (κ3) is 2.90. The molecule has 1 aliphatic carbocycles. The predicted octanol–water partition coefficient (Wildman–Crippen LogP) is 1.60. The number of anilines is 1. The van der Waals surface area contributed by atoms with Crippen LogP contribution in [0.1, 0.15) is 48.8 Å². The van der Waals surface area contributed by atoms with Crippen LogP contribution in [-0.2, 0) is 0 Å². The number of hydrogen-bond acceptors (Lipinski definition) is 3. The van der Waals surface area contributed by atoms with Crippen LogP contribution in [0, 0.1) is 18.3 Å². The standard InChI is InChI=1S/C14H20N4O/c1-4-7-18(8-10-5-6-10)14(19)13-11(15)12(9(2)3)16-17-13/h1,9-10H,5-8,15H2,2-3H3,(H,16,17). The first-order valence-electron chi connectivity index (χ1n) is 6.61. The first-order chi connectivity index (χ1) is 9.04. The number of aromatic nitrogens is 2. The van der Waals surface area contributed by atoms with E-state index < -0.39 is 0 Å². The summed E-state index contributed by atoms with van der Waals surface area (Å²) < 4.78 is 0. The van der Waals surface area contributed by atoms with Gasteiger partial charge in [-0.2, -0.15) is 5.10 Å². The molecule has 5 heteroatoms. The summed E-state index contributed by atoms with van der Waals surface area (Å²) in [5.41, 5.74) is 7.53. The molecule has 2 rings (SSSR count). The molecule has 1 amide bonds. The molecule has 0 atom stereocenters. The van der Waals surface area contributed by atoms with Gasteiger partial charge in [0.25, 0.3) is 5.91 Å². The van der Waals surface area contributed by atoms with Crippen molar-refractivity contribution in [1.82, 2.24) is 15.1 Å². The van der Waals surface area contributed by atoms with Crippen molar-refractivity contribution in [2.75, 3.05) is 18.8 Å². The minimum absolute atomic E-state index is 0.175. The van der Waals surface area contributed by atoms with Gasteiger partial charge in [-0.25, -0.2) is 0 Å². The zero-order chi connectivity index (χ0) is 14.0. The van der Waals surface area contributed by atoms with Gasteiger partial charge in [0.15, 0.2) is 5.69 Å². The molecule has 3 N–H and O–H groups in total. The second-order valence-electron chi connectivity index (χ2n) is 5.39. The number of carbonyl (C=O) groups is 1.